The van der Waals surface area contributed by atoms with Crippen LogP contribution in [0.5, 0.6) is 5.75 Å². The summed E-state index contributed by atoms with van der Waals surface area (Å²) in [5.74, 6) is 0.849. The van der Waals surface area contributed by atoms with Crippen molar-refractivity contribution >= 4 is 0 Å². The second-order valence-corrected chi connectivity index (χ2v) is 9.47. The number of rotatable bonds is 9. The monoisotopic (exact) mass is 476 g/mol. The zero-order chi connectivity index (χ0) is 24.0. The van der Waals surface area contributed by atoms with Gasteiger partial charge in [0.15, 0.2) is 0 Å². The van der Waals surface area contributed by atoms with Gasteiger partial charge in [0, 0.05) is 19.1 Å². The van der Waals surface area contributed by atoms with Crippen molar-refractivity contribution in [2.75, 3.05) is 39.3 Å². The van der Waals surface area contributed by atoms with Crippen LogP contribution in [-0.4, -0.2) is 54.2 Å². The van der Waals surface area contributed by atoms with E-state index >= 15 is 0 Å². The van der Waals surface area contributed by atoms with Gasteiger partial charge in [-0.05, 0) is 87.1 Å². The molecular weight excluding hydrogens is 441 g/mol. The Morgan fingerprint density at radius 2 is 1.76 bits per heavy atom. The van der Waals surface area contributed by atoms with Crippen molar-refractivity contribution in [2.24, 2.45) is 0 Å². The molecule has 7 heteroatoms. The molecule has 2 unspecified atom stereocenters. The van der Waals surface area contributed by atoms with Crippen molar-refractivity contribution in [1.82, 2.24) is 9.80 Å². The third kappa shape index (κ3) is 6.74. The molecule has 2 aromatic carbocycles. The molecule has 2 saturated heterocycles. The molecule has 0 aliphatic carbocycles. The quantitative estimate of drug-likeness (QED) is 0.462. The van der Waals surface area contributed by atoms with Gasteiger partial charge in [-0.1, -0.05) is 30.7 Å². The molecule has 2 heterocycles. The number of halogens is 3. The second-order valence-electron chi connectivity index (χ2n) is 9.47. The second kappa shape index (κ2) is 11.6. The summed E-state index contributed by atoms with van der Waals surface area (Å²) in [7, 11) is 0. The van der Waals surface area contributed by atoms with Gasteiger partial charge in [-0.15, -0.1) is 0 Å². The minimum Gasteiger partial charge on any atom is -0.494 e. The molecule has 2 aliphatic rings. The summed E-state index contributed by atoms with van der Waals surface area (Å²) in [5, 5.41) is 10.7. The Labute approximate surface area is 200 Å². The molecule has 2 aliphatic heterocycles. The number of benzene rings is 2. The van der Waals surface area contributed by atoms with E-state index in [4.69, 9.17) is 4.74 Å². The first-order valence-corrected chi connectivity index (χ1v) is 12.4. The van der Waals surface area contributed by atoms with E-state index in [2.05, 4.69) is 21.9 Å². The molecular formula is C27H35F3N2O2. The fourth-order valence-corrected chi connectivity index (χ4v) is 5.14. The van der Waals surface area contributed by atoms with Crippen LogP contribution in [0.3, 0.4) is 0 Å². The fourth-order valence-electron chi connectivity index (χ4n) is 5.14. The molecule has 0 saturated carbocycles. The van der Waals surface area contributed by atoms with E-state index in [1.807, 2.05) is 12.1 Å². The number of ether oxygens (including phenoxy) is 1. The van der Waals surface area contributed by atoms with Gasteiger partial charge in [0.2, 0.25) is 0 Å². The largest absolute Gasteiger partial charge is 0.494 e. The zero-order valence-corrected chi connectivity index (χ0v) is 19.6. The number of likely N-dealkylation sites (tertiary alicyclic amines) is 2. The Hall–Kier alpha value is -2.09. The van der Waals surface area contributed by atoms with Gasteiger partial charge < -0.3 is 14.7 Å². The maximum atomic E-state index is 13.1. The summed E-state index contributed by atoms with van der Waals surface area (Å²) in [6, 6.07) is 13.2. The van der Waals surface area contributed by atoms with E-state index in [9.17, 15) is 18.3 Å². The van der Waals surface area contributed by atoms with Crippen LogP contribution in [0.15, 0.2) is 48.5 Å². The molecule has 2 atom stereocenters. The summed E-state index contributed by atoms with van der Waals surface area (Å²) < 4.78 is 45.2. The maximum absolute atomic E-state index is 13.1. The highest BCUT2D eigenvalue weighted by atomic mass is 19.4. The number of hydrogen-bond donors (Lipinski definition) is 1. The number of β-amino-alcohol motifs (C(OH)–C–C–N with tert-alkyl or cyclic N) is 1. The van der Waals surface area contributed by atoms with E-state index in [1.54, 1.807) is 6.07 Å². The molecule has 0 spiro atoms. The smallest absolute Gasteiger partial charge is 0.416 e. The van der Waals surface area contributed by atoms with Gasteiger partial charge in [-0.3, -0.25) is 4.90 Å². The van der Waals surface area contributed by atoms with Gasteiger partial charge in [-0.2, -0.15) is 13.2 Å². The molecule has 0 aromatic heterocycles. The first kappa shape index (κ1) is 25.0. The van der Waals surface area contributed by atoms with Gasteiger partial charge in [0.05, 0.1) is 18.3 Å². The van der Waals surface area contributed by atoms with Gasteiger partial charge in [0.1, 0.15) is 5.75 Å². The van der Waals surface area contributed by atoms with E-state index in [0.717, 1.165) is 55.8 Å². The standard InChI is InChI=1S/C27H35F3N2O2/c28-27(29,30)23-10-4-9-22(18-23)26(33)20-32-16-6-12-25(32)21-8-5-11-24(19-21)34-17-7-15-31-13-2-1-3-14-31/h4-5,8-11,18-19,25-26,33H,1-3,6-7,12-17,20H2. The predicted molar refractivity (Wildman–Crippen MR) is 127 cm³/mol. The van der Waals surface area contributed by atoms with E-state index < -0.39 is 17.8 Å². The minimum atomic E-state index is -4.42. The average molecular weight is 477 g/mol. The number of alkyl halides is 3. The average Bonchev–Trinajstić information content (AvgIpc) is 3.30. The highest BCUT2D eigenvalue weighted by Crippen LogP contribution is 2.36. The van der Waals surface area contributed by atoms with E-state index in [0.29, 0.717) is 18.7 Å². The number of piperidine rings is 1. The fraction of sp³-hybridized carbons (Fsp3) is 0.556. The molecule has 0 bridgehead atoms. The van der Waals surface area contributed by atoms with Crippen LogP contribution >= 0.6 is 0 Å². The lowest BCUT2D eigenvalue weighted by Crippen LogP contribution is -2.31. The number of nitrogens with zero attached hydrogens (tertiary/aromatic N) is 2. The Bertz CT molecular complexity index is 915. The topological polar surface area (TPSA) is 35.9 Å². The summed E-state index contributed by atoms with van der Waals surface area (Å²) >= 11 is 0. The van der Waals surface area contributed by atoms with Gasteiger partial charge in [-0.25, -0.2) is 0 Å². The molecule has 186 valence electrons. The predicted octanol–water partition coefficient (Wildman–Crippen LogP) is 5.83. The van der Waals surface area contributed by atoms with Crippen LogP contribution in [0, 0.1) is 0 Å². The maximum Gasteiger partial charge on any atom is 0.416 e. The Morgan fingerprint density at radius 3 is 2.56 bits per heavy atom. The minimum absolute atomic E-state index is 0.123. The third-order valence-electron chi connectivity index (χ3n) is 6.95. The molecule has 0 amide bonds. The molecule has 0 radical (unpaired) electrons. The SMILES string of the molecule is OC(CN1CCCC1c1cccc(OCCCN2CCCCC2)c1)c1cccc(C(F)(F)F)c1. The number of aliphatic hydroxyl groups excluding tert-OH is 1. The number of hydrogen-bond acceptors (Lipinski definition) is 4. The highest BCUT2D eigenvalue weighted by molar-refractivity contribution is 5.32. The Kier molecular flexibility index (Phi) is 8.51. The zero-order valence-electron chi connectivity index (χ0n) is 19.6. The lowest BCUT2D eigenvalue weighted by Gasteiger charge is -2.28. The van der Waals surface area contributed by atoms with Crippen LogP contribution in [0.4, 0.5) is 13.2 Å². The van der Waals surface area contributed by atoms with E-state index in [1.165, 1.54) is 38.4 Å². The highest BCUT2D eigenvalue weighted by Gasteiger charge is 2.32. The van der Waals surface area contributed by atoms with Crippen molar-refractivity contribution in [3.05, 3.63) is 65.2 Å². The van der Waals surface area contributed by atoms with Crippen LogP contribution < -0.4 is 4.74 Å². The Balaban J connectivity index is 1.33. The third-order valence-corrected chi connectivity index (χ3v) is 6.95. The summed E-state index contributed by atoms with van der Waals surface area (Å²) in [4.78, 5) is 4.68. The van der Waals surface area contributed by atoms with Crippen molar-refractivity contribution in [1.29, 1.82) is 0 Å². The molecule has 4 rings (SSSR count). The van der Waals surface area contributed by atoms with Gasteiger partial charge in [0.25, 0.3) is 0 Å². The molecule has 1 N–H and O–H groups in total. The van der Waals surface area contributed by atoms with Crippen LogP contribution in [-0.2, 0) is 6.18 Å². The van der Waals surface area contributed by atoms with Crippen molar-refractivity contribution in [3.63, 3.8) is 0 Å². The van der Waals surface area contributed by atoms with Crippen molar-refractivity contribution in [2.45, 2.75) is 56.8 Å². The van der Waals surface area contributed by atoms with Crippen molar-refractivity contribution < 1.29 is 23.0 Å². The normalized spacial score (nSPS) is 21.0. The lowest BCUT2D eigenvalue weighted by atomic mass is 10.0. The first-order chi connectivity index (χ1) is 16.4. The van der Waals surface area contributed by atoms with Crippen LogP contribution in [0.25, 0.3) is 0 Å². The summed E-state index contributed by atoms with van der Waals surface area (Å²) in [6.45, 7) is 5.25. The van der Waals surface area contributed by atoms with Crippen LogP contribution in [0.1, 0.15) is 67.4 Å². The molecule has 4 nitrogen and oxygen atoms in total. The summed E-state index contributed by atoms with van der Waals surface area (Å²) in [6.07, 6.45) is 1.48. The molecule has 2 fully saturated rings. The number of aliphatic hydroxyl groups is 1. The first-order valence-electron chi connectivity index (χ1n) is 12.4. The summed E-state index contributed by atoms with van der Waals surface area (Å²) in [5.41, 5.74) is 0.695. The van der Waals surface area contributed by atoms with E-state index in [-0.39, 0.29) is 6.04 Å². The molecule has 34 heavy (non-hydrogen) atoms. The lowest BCUT2D eigenvalue weighted by molar-refractivity contribution is -0.137. The van der Waals surface area contributed by atoms with Crippen LogP contribution in [0.2, 0.25) is 0 Å². The molecule has 2 aromatic rings. The van der Waals surface area contributed by atoms with Gasteiger partial charge >= 0.3 is 6.18 Å². The van der Waals surface area contributed by atoms with Crippen molar-refractivity contribution in [3.8, 4) is 5.75 Å². The Morgan fingerprint density at radius 1 is 0.971 bits per heavy atom.